The molecule has 0 fully saturated rings. The van der Waals surface area contributed by atoms with Crippen molar-refractivity contribution in [1.29, 1.82) is 0 Å². The van der Waals surface area contributed by atoms with Crippen LogP contribution in [0.2, 0.25) is 0 Å². The minimum Gasteiger partial charge on any atom is -0.370 e. The summed E-state index contributed by atoms with van der Waals surface area (Å²) >= 11 is 0. The second-order valence-corrected chi connectivity index (χ2v) is 3.72. The molecule has 1 aromatic rings. The molecule has 112 valence electrons. The van der Waals surface area contributed by atoms with Gasteiger partial charge in [0, 0.05) is 6.54 Å². The molecule has 0 amide bonds. The minimum atomic E-state index is -4.32. The molecule has 0 spiro atoms. The van der Waals surface area contributed by atoms with Crippen molar-refractivity contribution in [2.45, 2.75) is 12.6 Å². The van der Waals surface area contributed by atoms with E-state index in [-0.39, 0.29) is 30.9 Å². The van der Waals surface area contributed by atoms with E-state index in [9.17, 15) is 13.2 Å². The fraction of sp³-hybridized carbons (Fsp3) is 0.273. The van der Waals surface area contributed by atoms with Crippen LogP contribution in [0.1, 0.15) is 11.1 Å². The molecule has 9 heteroatoms. The summed E-state index contributed by atoms with van der Waals surface area (Å²) in [4.78, 5) is 7.36. The Bertz CT molecular complexity index is 478. The molecule has 5 nitrogen and oxygen atoms in total. The Morgan fingerprint density at radius 3 is 2.05 bits per heavy atom. The fourth-order valence-electron chi connectivity index (χ4n) is 1.33. The fourth-order valence-corrected chi connectivity index (χ4v) is 1.33. The number of rotatable bonds is 3. The maximum absolute atomic E-state index is 12.3. The van der Waals surface area contributed by atoms with Crippen LogP contribution in [0.4, 0.5) is 13.2 Å². The number of alkyl halides is 3. The summed E-state index contributed by atoms with van der Waals surface area (Å²) in [5, 5.41) is 0. The molecule has 0 aliphatic carbocycles. The van der Waals surface area contributed by atoms with Gasteiger partial charge in [0.15, 0.2) is 5.96 Å². The highest BCUT2D eigenvalue weighted by atomic mass is 35.5. The van der Waals surface area contributed by atoms with E-state index in [1.807, 2.05) is 0 Å². The molecule has 0 atom stereocenters. The number of nitrogens with two attached hydrogens (primary N) is 3. The smallest absolute Gasteiger partial charge is 0.370 e. The quantitative estimate of drug-likeness (QED) is 0.578. The van der Waals surface area contributed by atoms with Crippen LogP contribution in [0.25, 0.3) is 0 Å². The Morgan fingerprint density at radius 2 is 1.60 bits per heavy atom. The zero-order chi connectivity index (χ0) is 14.5. The Hall–Kier alpha value is -1.96. The molecule has 0 heterocycles. The second-order valence-electron chi connectivity index (χ2n) is 3.72. The summed E-state index contributed by atoms with van der Waals surface area (Å²) in [6.45, 7) is 0.286. The van der Waals surface area contributed by atoms with Crippen LogP contribution in [-0.4, -0.2) is 18.5 Å². The number of aliphatic imine (C=N–C) groups is 2. The topological polar surface area (TPSA) is 103 Å². The van der Waals surface area contributed by atoms with Gasteiger partial charge in [0.1, 0.15) is 0 Å². The molecule has 0 unspecified atom stereocenters. The van der Waals surface area contributed by atoms with Gasteiger partial charge < -0.3 is 17.2 Å². The molecule has 20 heavy (non-hydrogen) atoms. The van der Waals surface area contributed by atoms with Gasteiger partial charge in [-0.25, -0.2) is 0 Å². The van der Waals surface area contributed by atoms with E-state index in [1.165, 1.54) is 12.1 Å². The van der Waals surface area contributed by atoms with Crippen molar-refractivity contribution >= 4 is 24.3 Å². The lowest BCUT2D eigenvalue weighted by Gasteiger charge is -2.06. The highest BCUT2D eigenvalue weighted by molar-refractivity contribution is 5.92. The number of nitrogens with zero attached hydrogens (tertiary/aromatic N) is 2. The van der Waals surface area contributed by atoms with Crippen LogP contribution in [0, 0.1) is 0 Å². The maximum atomic E-state index is 12.3. The third-order valence-corrected chi connectivity index (χ3v) is 2.20. The van der Waals surface area contributed by atoms with Crippen molar-refractivity contribution in [1.82, 2.24) is 0 Å². The molecule has 1 rings (SSSR count). The number of halogens is 4. The normalized spacial score (nSPS) is 11.7. The van der Waals surface area contributed by atoms with Crippen molar-refractivity contribution in [2.24, 2.45) is 27.2 Å². The Balaban J connectivity index is 0.00000361. The molecule has 0 saturated carbocycles. The minimum absolute atomic E-state index is 0. The summed E-state index contributed by atoms with van der Waals surface area (Å²) < 4.78 is 37.0. The SMILES string of the molecule is Cl.NC(N)=NC(N)=NCCc1ccc(C(F)(F)F)cc1. The zero-order valence-electron chi connectivity index (χ0n) is 10.4. The van der Waals surface area contributed by atoms with Crippen molar-refractivity contribution in [3.8, 4) is 0 Å². The van der Waals surface area contributed by atoms with Crippen LogP contribution in [0.15, 0.2) is 34.3 Å². The molecule has 0 aliphatic rings. The highest BCUT2D eigenvalue weighted by Gasteiger charge is 2.29. The average molecular weight is 310 g/mol. The third-order valence-electron chi connectivity index (χ3n) is 2.20. The van der Waals surface area contributed by atoms with Crippen molar-refractivity contribution in [2.75, 3.05) is 6.54 Å². The molecule has 0 bridgehead atoms. The maximum Gasteiger partial charge on any atom is 0.416 e. The van der Waals surface area contributed by atoms with Crippen molar-refractivity contribution in [3.05, 3.63) is 35.4 Å². The van der Waals surface area contributed by atoms with Gasteiger partial charge in [-0.2, -0.15) is 18.2 Å². The van der Waals surface area contributed by atoms with Gasteiger partial charge in [-0.3, -0.25) is 4.99 Å². The highest BCUT2D eigenvalue weighted by Crippen LogP contribution is 2.29. The lowest BCUT2D eigenvalue weighted by molar-refractivity contribution is -0.137. The van der Waals surface area contributed by atoms with Gasteiger partial charge in [-0.15, -0.1) is 12.4 Å². The van der Waals surface area contributed by atoms with Gasteiger partial charge >= 0.3 is 6.18 Å². The summed E-state index contributed by atoms with van der Waals surface area (Å²) in [5.41, 5.74) is 15.6. The van der Waals surface area contributed by atoms with E-state index in [2.05, 4.69) is 9.98 Å². The van der Waals surface area contributed by atoms with E-state index < -0.39 is 11.7 Å². The average Bonchev–Trinajstić information content (AvgIpc) is 2.27. The van der Waals surface area contributed by atoms with E-state index in [4.69, 9.17) is 17.2 Å². The Kier molecular flexibility index (Phi) is 6.84. The molecule has 0 aromatic heterocycles. The molecule has 0 saturated heterocycles. The number of guanidine groups is 2. The van der Waals surface area contributed by atoms with E-state index in [0.717, 1.165) is 12.1 Å². The van der Waals surface area contributed by atoms with Crippen molar-refractivity contribution in [3.63, 3.8) is 0 Å². The van der Waals surface area contributed by atoms with Crippen LogP contribution < -0.4 is 17.2 Å². The molecule has 0 radical (unpaired) electrons. The zero-order valence-corrected chi connectivity index (χ0v) is 11.2. The molecule has 0 aliphatic heterocycles. The van der Waals surface area contributed by atoms with Gasteiger partial charge in [-0.05, 0) is 24.1 Å². The number of hydrogen-bond acceptors (Lipinski definition) is 1. The van der Waals surface area contributed by atoms with Gasteiger partial charge in [0.05, 0.1) is 5.56 Å². The Labute approximate surface area is 120 Å². The summed E-state index contributed by atoms with van der Waals surface area (Å²) in [7, 11) is 0. The predicted octanol–water partition coefficient (Wildman–Crippen LogP) is 1.26. The molecular formula is C11H15ClF3N5. The second kappa shape index (κ2) is 7.59. The first-order chi connectivity index (χ1) is 8.79. The van der Waals surface area contributed by atoms with E-state index in [1.54, 1.807) is 0 Å². The van der Waals surface area contributed by atoms with Crippen LogP contribution in [0.5, 0.6) is 0 Å². The van der Waals surface area contributed by atoms with Gasteiger partial charge in [0.25, 0.3) is 0 Å². The first kappa shape index (κ1) is 18.0. The number of benzene rings is 1. The van der Waals surface area contributed by atoms with E-state index >= 15 is 0 Å². The summed E-state index contributed by atoms with van der Waals surface area (Å²) in [6.07, 6.45) is -3.88. The Morgan fingerprint density at radius 1 is 1.05 bits per heavy atom. The largest absolute Gasteiger partial charge is 0.416 e. The summed E-state index contributed by atoms with van der Waals surface area (Å²) in [5.74, 6) is -0.261. The first-order valence-corrected chi connectivity index (χ1v) is 5.34. The number of hydrogen-bond donors (Lipinski definition) is 3. The summed E-state index contributed by atoms with van der Waals surface area (Å²) in [6, 6.07) is 4.85. The standard InChI is InChI=1S/C11H14F3N5.ClH/c12-11(13,14)8-3-1-7(2-4-8)5-6-18-10(17)19-9(15)16;/h1-4H,5-6H2,(H6,15,16,17,18,19);1H. The lowest BCUT2D eigenvalue weighted by atomic mass is 10.1. The molecular weight excluding hydrogens is 295 g/mol. The lowest BCUT2D eigenvalue weighted by Crippen LogP contribution is -2.26. The molecule has 1 aromatic carbocycles. The monoisotopic (exact) mass is 309 g/mol. The van der Waals surface area contributed by atoms with E-state index in [0.29, 0.717) is 12.0 Å². The van der Waals surface area contributed by atoms with Crippen LogP contribution in [0.3, 0.4) is 0 Å². The van der Waals surface area contributed by atoms with Gasteiger partial charge in [0.2, 0.25) is 5.96 Å². The van der Waals surface area contributed by atoms with Crippen LogP contribution >= 0.6 is 12.4 Å². The molecule has 6 N–H and O–H groups in total. The third kappa shape index (κ3) is 6.28. The van der Waals surface area contributed by atoms with Crippen LogP contribution in [-0.2, 0) is 12.6 Å². The van der Waals surface area contributed by atoms with Crippen molar-refractivity contribution < 1.29 is 13.2 Å². The predicted molar refractivity (Wildman–Crippen MR) is 74.7 cm³/mol. The first-order valence-electron chi connectivity index (χ1n) is 5.34. The van der Waals surface area contributed by atoms with Gasteiger partial charge in [-0.1, -0.05) is 12.1 Å².